The van der Waals surface area contributed by atoms with Crippen molar-refractivity contribution in [3.05, 3.63) is 29.6 Å². The van der Waals surface area contributed by atoms with Gasteiger partial charge in [-0.25, -0.2) is 0 Å². The maximum atomic E-state index is 11.6. The molecule has 1 amide bonds. The summed E-state index contributed by atoms with van der Waals surface area (Å²) < 4.78 is 0. The molecule has 0 atom stereocenters. The van der Waals surface area contributed by atoms with Crippen LogP contribution in [-0.2, 0) is 17.8 Å². The van der Waals surface area contributed by atoms with E-state index in [9.17, 15) is 4.79 Å². The van der Waals surface area contributed by atoms with E-state index >= 15 is 0 Å². The number of nitrogens with one attached hydrogen (secondary N) is 1. The normalized spacial score (nSPS) is 10.3. The highest BCUT2D eigenvalue weighted by molar-refractivity contribution is 5.77. The second-order valence-electron chi connectivity index (χ2n) is 3.97. The van der Waals surface area contributed by atoms with Crippen molar-refractivity contribution in [1.82, 2.24) is 15.2 Å². The summed E-state index contributed by atoms with van der Waals surface area (Å²) in [7, 11) is 1.81. The maximum Gasteiger partial charge on any atom is 0.236 e. The zero-order chi connectivity index (χ0) is 12.7. The monoisotopic (exact) mass is 235 g/mol. The Balaban J connectivity index is 2.43. The van der Waals surface area contributed by atoms with Crippen LogP contribution >= 0.6 is 0 Å². The summed E-state index contributed by atoms with van der Waals surface area (Å²) in [6, 6.07) is 4.02. The standard InChI is InChI=1S/C13H21N3O/c1-4-11-7-6-8-15-12(11)9-14-10-13(17)16(3)5-2/h6-8,14H,4-5,9-10H2,1-3H3. The van der Waals surface area contributed by atoms with Crippen molar-refractivity contribution >= 4 is 5.91 Å². The number of pyridine rings is 1. The molecule has 0 bridgehead atoms. The zero-order valence-corrected chi connectivity index (χ0v) is 10.9. The largest absolute Gasteiger partial charge is 0.345 e. The number of aryl methyl sites for hydroxylation is 1. The second kappa shape index (κ2) is 7.01. The van der Waals surface area contributed by atoms with Gasteiger partial charge in [-0.15, -0.1) is 0 Å². The van der Waals surface area contributed by atoms with Crippen LogP contribution < -0.4 is 5.32 Å². The van der Waals surface area contributed by atoms with Gasteiger partial charge in [0.2, 0.25) is 5.91 Å². The van der Waals surface area contributed by atoms with Crippen LogP contribution in [0.15, 0.2) is 18.3 Å². The van der Waals surface area contributed by atoms with Crippen LogP contribution in [0.1, 0.15) is 25.1 Å². The molecule has 1 aromatic heterocycles. The van der Waals surface area contributed by atoms with Crippen LogP contribution in [0.5, 0.6) is 0 Å². The molecule has 0 unspecified atom stereocenters. The lowest BCUT2D eigenvalue weighted by Crippen LogP contribution is -2.35. The Labute approximate surface area is 103 Å². The predicted octanol–water partition coefficient (Wildman–Crippen LogP) is 1.21. The molecule has 94 valence electrons. The minimum Gasteiger partial charge on any atom is -0.345 e. The first-order chi connectivity index (χ1) is 8.19. The lowest BCUT2D eigenvalue weighted by molar-refractivity contribution is -0.128. The number of hydrogen-bond donors (Lipinski definition) is 1. The van der Waals surface area contributed by atoms with Gasteiger partial charge in [-0.3, -0.25) is 9.78 Å². The van der Waals surface area contributed by atoms with Crippen LogP contribution in [0, 0.1) is 0 Å². The van der Waals surface area contributed by atoms with Gasteiger partial charge in [0.25, 0.3) is 0 Å². The highest BCUT2D eigenvalue weighted by Gasteiger charge is 2.06. The Morgan fingerprint density at radius 1 is 1.47 bits per heavy atom. The lowest BCUT2D eigenvalue weighted by Gasteiger charge is -2.15. The highest BCUT2D eigenvalue weighted by atomic mass is 16.2. The van der Waals surface area contributed by atoms with Gasteiger partial charge in [-0.1, -0.05) is 13.0 Å². The summed E-state index contributed by atoms with van der Waals surface area (Å²) in [6.07, 6.45) is 2.75. The van der Waals surface area contributed by atoms with Gasteiger partial charge in [0.05, 0.1) is 12.2 Å². The zero-order valence-electron chi connectivity index (χ0n) is 10.9. The number of hydrogen-bond acceptors (Lipinski definition) is 3. The Hall–Kier alpha value is -1.42. The third-order valence-corrected chi connectivity index (χ3v) is 2.83. The Bertz CT molecular complexity index is 365. The smallest absolute Gasteiger partial charge is 0.236 e. The molecule has 0 fully saturated rings. The molecule has 0 aliphatic rings. The van der Waals surface area contributed by atoms with E-state index in [1.54, 1.807) is 11.1 Å². The summed E-state index contributed by atoms with van der Waals surface area (Å²) in [5.41, 5.74) is 2.26. The summed E-state index contributed by atoms with van der Waals surface area (Å²) in [6.45, 7) is 5.82. The van der Waals surface area contributed by atoms with E-state index in [0.717, 1.165) is 18.7 Å². The maximum absolute atomic E-state index is 11.6. The van der Waals surface area contributed by atoms with Crippen LogP contribution in [-0.4, -0.2) is 35.9 Å². The van der Waals surface area contributed by atoms with Crippen molar-refractivity contribution in [3.8, 4) is 0 Å². The molecule has 0 aromatic carbocycles. The van der Waals surface area contributed by atoms with Crippen molar-refractivity contribution in [2.75, 3.05) is 20.1 Å². The highest BCUT2D eigenvalue weighted by Crippen LogP contribution is 2.05. The lowest BCUT2D eigenvalue weighted by atomic mass is 10.1. The van der Waals surface area contributed by atoms with Gasteiger partial charge in [0.15, 0.2) is 0 Å². The SMILES string of the molecule is CCc1cccnc1CNCC(=O)N(C)CC. The summed E-state index contributed by atoms with van der Waals surface area (Å²) in [5.74, 6) is 0.112. The molecule has 1 aromatic rings. The van der Waals surface area contributed by atoms with Gasteiger partial charge in [0.1, 0.15) is 0 Å². The van der Waals surface area contributed by atoms with Crippen LogP contribution in [0.3, 0.4) is 0 Å². The van der Waals surface area contributed by atoms with E-state index in [-0.39, 0.29) is 5.91 Å². The minimum absolute atomic E-state index is 0.112. The van der Waals surface area contributed by atoms with E-state index < -0.39 is 0 Å². The van der Waals surface area contributed by atoms with E-state index in [1.165, 1.54) is 5.56 Å². The van der Waals surface area contributed by atoms with Crippen molar-refractivity contribution in [2.24, 2.45) is 0 Å². The molecule has 4 heteroatoms. The quantitative estimate of drug-likeness (QED) is 0.806. The van der Waals surface area contributed by atoms with E-state index in [1.807, 2.05) is 20.0 Å². The van der Waals surface area contributed by atoms with Crippen LogP contribution in [0.2, 0.25) is 0 Å². The Morgan fingerprint density at radius 2 is 2.24 bits per heavy atom. The molecule has 0 spiro atoms. The van der Waals surface area contributed by atoms with E-state index in [4.69, 9.17) is 0 Å². The third kappa shape index (κ3) is 4.15. The van der Waals surface area contributed by atoms with Gasteiger partial charge in [-0.2, -0.15) is 0 Å². The molecule has 4 nitrogen and oxygen atoms in total. The molecule has 0 aliphatic heterocycles. The fraction of sp³-hybridized carbons (Fsp3) is 0.538. The number of rotatable bonds is 6. The molecular formula is C13H21N3O. The molecule has 1 heterocycles. The molecule has 17 heavy (non-hydrogen) atoms. The topological polar surface area (TPSA) is 45.2 Å². The molecule has 1 N–H and O–H groups in total. The molecule has 0 saturated carbocycles. The molecule has 1 rings (SSSR count). The first-order valence-corrected chi connectivity index (χ1v) is 6.06. The van der Waals surface area contributed by atoms with E-state index in [2.05, 4.69) is 23.3 Å². The number of likely N-dealkylation sites (N-methyl/N-ethyl adjacent to an activating group) is 1. The van der Waals surface area contributed by atoms with Crippen molar-refractivity contribution in [1.29, 1.82) is 0 Å². The molecule has 0 aliphatic carbocycles. The number of carbonyl (C=O) groups excluding carboxylic acids is 1. The van der Waals surface area contributed by atoms with Gasteiger partial charge >= 0.3 is 0 Å². The van der Waals surface area contributed by atoms with Crippen molar-refractivity contribution in [2.45, 2.75) is 26.8 Å². The summed E-state index contributed by atoms with van der Waals surface area (Å²) >= 11 is 0. The van der Waals surface area contributed by atoms with Crippen LogP contribution in [0.4, 0.5) is 0 Å². The van der Waals surface area contributed by atoms with Crippen molar-refractivity contribution in [3.63, 3.8) is 0 Å². The average Bonchev–Trinajstić information content (AvgIpc) is 2.38. The molecule has 0 radical (unpaired) electrons. The Morgan fingerprint density at radius 3 is 2.88 bits per heavy atom. The second-order valence-corrected chi connectivity index (χ2v) is 3.97. The van der Waals surface area contributed by atoms with E-state index in [0.29, 0.717) is 13.1 Å². The third-order valence-electron chi connectivity index (χ3n) is 2.83. The fourth-order valence-electron chi connectivity index (χ4n) is 1.55. The summed E-state index contributed by atoms with van der Waals surface area (Å²) in [4.78, 5) is 17.6. The van der Waals surface area contributed by atoms with Gasteiger partial charge in [-0.05, 0) is 25.0 Å². The predicted molar refractivity (Wildman–Crippen MR) is 68.6 cm³/mol. The number of amides is 1. The number of aromatic nitrogens is 1. The van der Waals surface area contributed by atoms with Crippen LogP contribution in [0.25, 0.3) is 0 Å². The summed E-state index contributed by atoms with van der Waals surface area (Å²) in [5, 5.41) is 3.14. The van der Waals surface area contributed by atoms with Gasteiger partial charge < -0.3 is 10.2 Å². The fourth-order valence-corrected chi connectivity index (χ4v) is 1.55. The Kier molecular flexibility index (Phi) is 5.63. The number of carbonyl (C=O) groups is 1. The first-order valence-electron chi connectivity index (χ1n) is 6.06. The number of nitrogens with zero attached hydrogens (tertiary/aromatic N) is 2. The van der Waals surface area contributed by atoms with Crippen molar-refractivity contribution < 1.29 is 4.79 Å². The van der Waals surface area contributed by atoms with Gasteiger partial charge in [0, 0.05) is 26.3 Å². The average molecular weight is 235 g/mol. The first kappa shape index (κ1) is 13.6. The minimum atomic E-state index is 0.112. The molecular weight excluding hydrogens is 214 g/mol. The molecule has 0 saturated heterocycles.